The summed E-state index contributed by atoms with van der Waals surface area (Å²) in [5, 5.41) is 2.87. The number of aromatic nitrogens is 1. The molecule has 0 aliphatic carbocycles. The van der Waals surface area contributed by atoms with Crippen LogP contribution < -0.4 is 5.32 Å². The first kappa shape index (κ1) is 15.1. The van der Waals surface area contributed by atoms with Crippen LogP contribution in [0.5, 0.6) is 0 Å². The molecule has 3 rings (SSSR count). The Hall–Kier alpha value is -2.82. The summed E-state index contributed by atoms with van der Waals surface area (Å²) in [6.45, 7) is 2.36. The van der Waals surface area contributed by atoms with Crippen LogP contribution >= 0.6 is 0 Å². The van der Waals surface area contributed by atoms with Crippen LogP contribution in [0.3, 0.4) is 0 Å². The summed E-state index contributed by atoms with van der Waals surface area (Å²) < 4.78 is 10.9. The Labute approximate surface area is 134 Å². The number of rotatable bonds is 6. The Morgan fingerprint density at radius 1 is 1.17 bits per heavy atom. The maximum absolute atomic E-state index is 12.0. The average molecular weight is 310 g/mol. The number of aryl methyl sites for hydroxylation is 1. The Bertz CT molecular complexity index is 761. The molecule has 1 amide bonds. The van der Waals surface area contributed by atoms with Crippen molar-refractivity contribution in [3.63, 3.8) is 0 Å². The van der Waals surface area contributed by atoms with E-state index in [1.807, 2.05) is 49.4 Å². The average Bonchev–Trinajstić information content (AvgIpc) is 3.19. The molecule has 5 nitrogen and oxygen atoms in total. The number of oxazole rings is 1. The second-order valence-electron chi connectivity index (χ2n) is 5.24. The van der Waals surface area contributed by atoms with Crippen LogP contribution in [0.2, 0.25) is 0 Å². The Balaban J connectivity index is 1.57. The normalized spacial score (nSPS) is 10.7. The van der Waals surface area contributed by atoms with Crippen LogP contribution in [0.4, 0.5) is 0 Å². The quantitative estimate of drug-likeness (QED) is 0.759. The number of nitrogens with zero attached hydrogens (tertiary/aromatic N) is 1. The lowest BCUT2D eigenvalue weighted by Gasteiger charge is -2.02. The van der Waals surface area contributed by atoms with Crippen molar-refractivity contribution in [3.8, 4) is 11.5 Å². The summed E-state index contributed by atoms with van der Waals surface area (Å²) in [7, 11) is 0. The smallest absolute Gasteiger partial charge is 0.226 e. The molecule has 3 aromatic rings. The van der Waals surface area contributed by atoms with E-state index in [9.17, 15) is 4.79 Å². The highest BCUT2D eigenvalue weighted by Crippen LogP contribution is 2.21. The zero-order chi connectivity index (χ0) is 16.1. The van der Waals surface area contributed by atoms with E-state index in [0.717, 1.165) is 11.3 Å². The van der Waals surface area contributed by atoms with Crippen molar-refractivity contribution in [2.24, 2.45) is 0 Å². The van der Waals surface area contributed by atoms with Gasteiger partial charge >= 0.3 is 0 Å². The van der Waals surface area contributed by atoms with Gasteiger partial charge in [-0.1, -0.05) is 18.2 Å². The molecule has 23 heavy (non-hydrogen) atoms. The van der Waals surface area contributed by atoms with E-state index in [4.69, 9.17) is 8.83 Å². The highest BCUT2D eigenvalue weighted by atomic mass is 16.4. The summed E-state index contributed by atoms with van der Waals surface area (Å²) in [5.74, 6) is 1.99. The summed E-state index contributed by atoms with van der Waals surface area (Å²) in [4.78, 5) is 16.4. The molecule has 0 saturated heterocycles. The zero-order valence-electron chi connectivity index (χ0n) is 12.9. The third kappa shape index (κ3) is 3.88. The van der Waals surface area contributed by atoms with Crippen LogP contribution in [0.1, 0.15) is 17.2 Å². The van der Waals surface area contributed by atoms with Gasteiger partial charge in [-0.2, -0.15) is 0 Å². The fourth-order valence-electron chi connectivity index (χ4n) is 2.29. The number of benzene rings is 1. The van der Waals surface area contributed by atoms with Gasteiger partial charge in [0, 0.05) is 18.5 Å². The summed E-state index contributed by atoms with van der Waals surface area (Å²) in [5.41, 5.74) is 1.57. The Morgan fingerprint density at radius 3 is 2.74 bits per heavy atom. The first-order valence-electron chi connectivity index (χ1n) is 7.53. The molecule has 2 heterocycles. The molecular weight excluding hydrogens is 292 g/mol. The van der Waals surface area contributed by atoms with E-state index in [-0.39, 0.29) is 12.3 Å². The molecule has 0 fully saturated rings. The van der Waals surface area contributed by atoms with Crippen LogP contribution in [-0.2, 0) is 17.6 Å². The van der Waals surface area contributed by atoms with Crippen LogP contribution in [0.15, 0.2) is 57.6 Å². The van der Waals surface area contributed by atoms with E-state index in [1.165, 1.54) is 0 Å². The van der Waals surface area contributed by atoms with Crippen molar-refractivity contribution in [3.05, 3.63) is 65.9 Å². The largest absolute Gasteiger partial charge is 0.469 e. The first-order chi connectivity index (χ1) is 11.2. The van der Waals surface area contributed by atoms with Crippen molar-refractivity contribution in [1.29, 1.82) is 0 Å². The summed E-state index contributed by atoms with van der Waals surface area (Å²) >= 11 is 0. The minimum atomic E-state index is -0.0763. The number of furan rings is 1. The molecule has 2 aromatic heterocycles. The number of hydrogen-bond acceptors (Lipinski definition) is 4. The van der Waals surface area contributed by atoms with E-state index in [0.29, 0.717) is 30.3 Å². The van der Waals surface area contributed by atoms with Crippen molar-refractivity contribution < 1.29 is 13.6 Å². The predicted octanol–water partition coefficient (Wildman–Crippen LogP) is 3.14. The summed E-state index contributed by atoms with van der Waals surface area (Å²) in [6, 6.07) is 13.4. The van der Waals surface area contributed by atoms with Gasteiger partial charge in [0.25, 0.3) is 0 Å². The fourth-order valence-corrected chi connectivity index (χ4v) is 2.29. The highest BCUT2D eigenvalue weighted by Gasteiger charge is 2.14. The zero-order valence-corrected chi connectivity index (χ0v) is 12.9. The number of nitrogens with one attached hydrogen (secondary N) is 1. The summed E-state index contributed by atoms with van der Waals surface area (Å²) in [6.07, 6.45) is 2.51. The fraction of sp³-hybridized carbons (Fsp3) is 0.222. The SMILES string of the molecule is Cc1oc(-c2ccccc2)nc1CC(=O)NCCc1ccco1. The lowest BCUT2D eigenvalue weighted by molar-refractivity contribution is -0.120. The van der Waals surface area contributed by atoms with Gasteiger partial charge in [0.05, 0.1) is 18.4 Å². The van der Waals surface area contributed by atoms with Crippen LogP contribution in [-0.4, -0.2) is 17.4 Å². The van der Waals surface area contributed by atoms with Gasteiger partial charge < -0.3 is 14.2 Å². The Morgan fingerprint density at radius 2 is 2.00 bits per heavy atom. The lowest BCUT2D eigenvalue weighted by atomic mass is 10.2. The maximum Gasteiger partial charge on any atom is 0.226 e. The molecule has 0 saturated carbocycles. The van der Waals surface area contributed by atoms with Gasteiger partial charge in [-0.25, -0.2) is 4.98 Å². The van der Waals surface area contributed by atoms with Gasteiger partial charge in [-0.15, -0.1) is 0 Å². The molecule has 0 unspecified atom stereocenters. The third-order valence-electron chi connectivity index (χ3n) is 3.52. The van der Waals surface area contributed by atoms with Gasteiger partial charge in [0.15, 0.2) is 0 Å². The van der Waals surface area contributed by atoms with Crippen molar-refractivity contribution in [2.75, 3.05) is 6.54 Å². The van der Waals surface area contributed by atoms with E-state index < -0.39 is 0 Å². The molecule has 118 valence electrons. The molecule has 0 atom stereocenters. The standard InChI is InChI=1S/C18H18N2O3/c1-13-16(20-18(23-13)14-6-3-2-4-7-14)12-17(21)19-10-9-15-8-5-11-22-15/h2-8,11H,9-10,12H2,1H3,(H,19,21). The Kier molecular flexibility index (Phi) is 4.57. The lowest BCUT2D eigenvalue weighted by Crippen LogP contribution is -2.27. The van der Waals surface area contributed by atoms with E-state index in [2.05, 4.69) is 10.3 Å². The highest BCUT2D eigenvalue weighted by molar-refractivity contribution is 5.78. The number of hydrogen-bond donors (Lipinski definition) is 1. The number of carbonyl (C=O) groups excluding carboxylic acids is 1. The minimum absolute atomic E-state index is 0.0763. The van der Waals surface area contributed by atoms with Crippen molar-refractivity contribution >= 4 is 5.91 Å². The topological polar surface area (TPSA) is 68.3 Å². The van der Waals surface area contributed by atoms with Gasteiger partial charge in [0.2, 0.25) is 11.8 Å². The molecular formula is C18H18N2O3. The number of amides is 1. The molecule has 1 N–H and O–H groups in total. The number of carbonyl (C=O) groups is 1. The van der Waals surface area contributed by atoms with E-state index >= 15 is 0 Å². The van der Waals surface area contributed by atoms with E-state index in [1.54, 1.807) is 6.26 Å². The maximum atomic E-state index is 12.0. The first-order valence-corrected chi connectivity index (χ1v) is 7.53. The van der Waals surface area contributed by atoms with Crippen molar-refractivity contribution in [1.82, 2.24) is 10.3 Å². The van der Waals surface area contributed by atoms with Gasteiger partial charge in [-0.3, -0.25) is 4.79 Å². The molecule has 5 heteroatoms. The van der Waals surface area contributed by atoms with Crippen LogP contribution in [0.25, 0.3) is 11.5 Å². The second-order valence-corrected chi connectivity index (χ2v) is 5.24. The van der Waals surface area contributed by atoms with Crippen molar-refractivity contribution in [2.45, 2.75) is 19.8 Å². The molecule has 0 aliphatic rings. The molecule has 0 bridgehead atoms. The predicted molar refractivity (Wildman–Crippen MR) is 85.8 cm³/mol. The van der Waals surface area contributed by atoms with Gasteiger partial charge in [0.1, 0.15) is 11.5 Å². The molecule has 0 spiro atoms. The minimum Gasteiger partial charge on any atom is -0.469 e. The monoisotopic (exact) mass is 310 g/mol. The molecule has 1 aromatic carbocycles. The molecule has 0 aliphatic heterocycles. The second kappa shape index (κ2) is 6.96. The van der Waals surface area contributed by atoms with Crippen LogP contribution in [0, 0.1) is 6.92 Å². The van der Waals surface area contributed by atoms with Gasteiger partial charge in [-0.05, 0) is 31.2 Å². The molecule has 0 radical (unpaired) electrons. The third-order valence-corrected chi connectivity index (χ3v) is 3.52.